The van der Waals surface area contributed by atoms with E-state index in [0.29, 0.717) is 25.9 Å². The van der Waals surface area contributed by atoms with E-state index in [1.165, 1.54) is 38.5 Å². The lowest BCUT2D eigenvalue weighted by Gasteiger charge is -2.18. The maximum absolute atomic E-state index is 12.7. The van der Waals surface area contributed by atoms with Gasteiger partial charge in [-0.05, 0) is 89.9 Å². The first-order chi connectivity index (χ1) is 27.6. The molecule has 0 saturated carbocycles. The van der Waals surface area contributed by atoms with Gasteiger partial charge in [-0.25, -0.2) is 0 Å². The Morgan fingerprint density at radius 3 is 1.36 bits per heavy atom. The van der Waals surface area contributed by atoms with Gasteiger partial charge in [-0.1, -0.05) is 182 Å². The number of carbonyl (C=O) groups excluding carboxylic acids is 2. The molecular formula is C51H82O5. The third kappa shape index (κ3) is 43.3. The summed E-state index contributed by atoms with van der Waals surface area (Å²) in [6, 6.07) is 0. The molecule has 0 N–H and O–H groups in total. The topological polar surface area (TPSA) is 61.8 Å². The first kappa shape index (κ1) is 52.6. The van der Waals surface area contributed by atoms with Crippen LogP contribution < -0.4 is 0 Å². The largest absolute Gasteiger partial charge is 0.462 e. The fourth-order valence-corrected chi connectivity index (χ4v) is 5.55. The van der Waals surface area contributed by atoms with E-state index in [1.807, 2.05) is 6.08 Å². The number of rotatable bonds is 39. The van der Waals surface area contributed by atoms with Crippen molar-refractivity contribution < 1.29 is 23.8 Å². The predicted molar refractivity (Wildman–Crippen MR) is 242 cm³/mol. The molecule has 0 rings (SSSR count). The highest BCUT2D eigenvalue weighted by Crippen LogP contribution is 2.11. The van der Waals surface area contributed by atoms with Gasteiger partial charge in [0.25, 0.3) is 0 Å². The Balaban J connectivity index is 4.30. The highest BCUT2D eigenvalue weighted by atomic mass is 16.6. The first-order valence-electron chi connectivity index (χ1n) is 22.4. The zero-order valence-corrected chi connectivity index (χ0v) is 36.1. The van der Waals surface area contributed by atoms with Crippen LogP contribution in [0.5, 0.6) is 0 Å². The van der Waals surface area contributed by atoms with Gasteiger partial charge in [-0.3, -0.25) is 9.59 Å². The van der Waals surface area contributed by atoms with E-state index in [-0.39, 0.29) is 25.2 Å². The first-order valence-corrected chi connectivity index (χ1v) is 22.4. The van der Waals surface area contributed by atoms with Gasteiger partial charge in [0, 0.05) is 19.4 Å². The zero-order valence-electron chi connectivity index (χ0n) is 36.1. The van der Waals surface area contributed by atoms with Gasteiger partial charge in [0.1, 0.15) is 6.61 Å². The summed E-state index contributed by atoms with van der Waals surface area (Å²) in [4.78, 5) is 25.1. The van der Waals surface area contributed by atoms with Gasteiger partial charge in [0.05, 0.1) is 6.61 Å². The van der Waals surface area contributed by atoms with E-state index >= 15 is 0 Å². The number of allylic oxidation sites excluding steroid dienone is 18. The van der Waals surface area contributed by atoms with Crippen molar-refractivity contribution in [2.24, 2.45) is 0 Å². The Hall–Kier alpha value is -3.44. The van der Waals surface area contributed by atoms with Crippen LogP contribution in [0, 0.1) is 0 Å². The molecule has 0 aliphatic carbocycles. The molecule has 0 radical (unpaired) electrons. The third-order valence-corrected chi connectivity index (χ3v) is 8.82. The van der Waals surface area contributed by atoms with Gasteiger partial charge >= 0.3 is 11.9 Å². The van der Waals surface area contributed by atoms with Crippen molar-refractivity contribution in [3.63, 3.8) is 0 Å². The molecule has 1 atom stereocenters. The molecule has 5 heteroatoms. The summed E-state index contributed by atoms with van der Waals surface area (Å²) in [6.45, 7) is 7.43. The quantitative estimate of drug-likeness (QED) is 0.0354. The van der Waals surface area contributed by atoms with E-state index < -0.39 is 6.10 Å². The molecule has 0 spiro atoms. The minimum atomic E-state index is -0.577. The zero-order chi connectivity index (χ0) is 40.7. The lowest BCUT2D eigenvalue weighted by Crippen LogP contribution is -2.30. The molecule has 0 saturated heterocycles. The van der Waals surface area contributed by atoms with E-state index in [9.17, 15) is 9.59 Å². The van der Waals surface area contributed by atoms with Crippen molar-refractivity contribution in [1.82, 2.24) is 0 Å². The van der Waals surface area contributed by atoms with Crippen LogP contribution in [-0.4, -0.2) is 37.9 Å². The Kier molecular flexibility index (Phi) is 43.1. The molecule has 0 aromatic heterocycles. The van der Waals surface area contributed by atoms with E-state index in [1.54, 1.807) is 0 Å². The smallest absolute Gasteiger partial charge is 0.306 e. The molecule has 56 heavy (non-hydrogen) atoms. The van der Waals surface area contributed by atoms with Crippen LogP contribution in [-0.2, 0) is 23.8 Å². The minimum absolute atomic E-state index is 0.0318. The molecule has 0 amide bonds. The summed E-state index contributed by atoms with van der Waals surface area (Å²) in [5.41, 5.74) is 0. The Morgan fingerprint density at radius 2 is 0.839 bits per heavy atom. The lowest BCUT2D eigenvalue weighted by molar-refractivity contribution is -0.162. The standard InChI is InChI=1S/C51H82O5/c1-4-7-10-13-16-18-20-22-24-25-26-27-29-30-32-34-36-38-41-44-50(52)55-48-49(47-54-46-43-40-15-12-9-6-3)56-51(53)45-42-39-37-35-33-31-28-23-21-19-17-14-11-8-5-2/h7-8,10-11,16-19,22-24,26-28,30,32,36,38,49H,4-6,9,12-15,20-21,25,29,31,33-35,37,39-48H2,1-3H3/b10-7-,11-8-,18-16-,19-17-,24-22-,27-26-,28-23-,32-30-,38-36-. The van der Waals surface area contributed by atoms with E-state index in [2.05, 4.69) is 124 Å². The van der Waals surface area contributed by atoms with Crippen molar-refractivity contribution in [1.29, 1.82) is 0 Å². The molecular weight excluding hydrogens is 693 g/mol. The average Bonchev–Trinajstić information content (AvgIpc) is 3.20. The van der Waals surface area contributed by atoms with Crippen LogP contribution in [0.4, 0.5) is 0 Å². The molecule has 0 aliphatic heterocycles. The molecule has 0 aliphatic rings. The van der Waals surface area contributed by atoms with Crippen molar-refractivity contribution in [2.45, 2.75) is 181 Å². The normalized spacial score (nSPS) is 13.3. The molecule has 0 fully saturated rings. The minimum Gasteiger partial charge on any atom is -0.462 e. The Bertz CT molecular complexity index is 1150. The van der Waals surface area contributed by atoms with Crippen LogP contribution in [0.15, 0.2) is 109 Å². The number of hydrogen-bond donors (Lipinski definition) is 0. The monoisotopic (exact) mass is 775 g/mol. The molecule has 316 valence electrons. The van der Waals surface area contributed by atoms with Crippen LogP contribution in [0.2, 0.25) is 0 Å². The van der Waals surface area contributed by atoms with Crippen LogP contribution >= 0.6 is 0 Å². The fraction of sp³-hybridized carbons (Fsp3) is 0.608. The Labute approximate surface area is 344 Å². The van der Waals surface area contributed by atoms with Gasteiger partial charge in [-0.15, -0.1) is 0 Å². The molecule has 1 unspecified atom stereocenters. The van der Waals surface area contributed by atoms with E-state index in [0.717, 1.165) is 96.3 Å². The Morgan fingerprint density at radius 1 is 0.411 bits per heavy atom. The second-order valence-corrected chi connectivity index (χ2v) is 14.2. The fourth-order valence-electron chi connectivity index (χ4n) is 5.55. The maximum atomic E-state index is 12.7. The number of esters is 2. The van der Waals surface area contributed by atoms with Crippen LogP contribution in [0.25, 0.3) is 0 Å². The van der Waals surface area contributed by atoms with Crippen molar-refractivity contribution in [2.75, 3.05) is 19.8 Å². The SMILES string of the molecule is CC/C=C\C/C=C\C/C=C\C/C=C\C/C=C\C/C=C\CCC(=O)OCC(COCCCCCCCC)OC(=O)CCCCCCC/C=C\C/C=C\C/C=C\CC. The number of ether oxygens (including phenoxy) is 3. The maximum Gasteiger partial charge on any atom is 0.306 e. The van der Waals surface area contributed by atoms with Gasteiger partial charge < -0.3 is 14.2 Å². The third-order valence-electron chi connectivity index (χ3n) is 8.82. The van der Waals surface area contributed by atoms with E-state index in [4.69, 9.17) is 14.2 Å². The molecule has 0 heterocycles. The molecule has 5 nitrogen and oxygen atoms in total. The summed E-state index contributed by atoms with van der Waals surface area (Å²) < 4.78 is 17.1. The van der Waals surface area contributed by atoms with Crippen molar-refractivity contribution in [3.8, 4) is 0 Å². The summed E-state index contributed by atoms with van der Waals surface area (Å²) in [7, 11) is 0. The molecule has 0 bridgehead atoms. The summed E-state index contributed by atoms with van der Waals surface area (Å²) >= 11 is 0. The lowest BCUT2D eigenvalue weighted by atomic mass is 10.1. The highest BCUT2D eigenvalue weighted by molar-refractivity contribution is 5.70. The summed E-state index contributed by atoms with van der Waals surface area (Å²) in [6.07, 6.45) is 62.5. The van der Waals surface area contributed by atoms with Gasteiger partial charge in [0.15, 0.2) is 6.10 Å². The summed E-state index contributed by atoms with van der Waals surface area (Å²) in [5, 5.41) is 0. The van der Waals surface area contributed by atoms with Gasteiger partial charge in [0.2, 0.25) is 0 Å². The second-order valence-electron chi connectivity index (χ2n) is 14.2. The van der Waals surface area contributed by atoms with Crippen molar-refractivity contribution >= 4 is 11.9 Å². The molecule has 0 aromatic carbocycles. The van der Waals surface area contributed by atoms with Crippen LogP contribution in [0.1, 0.15) is 175 Å². The average molecular weight is 775 g/mol. The highest BCUT2D eigenvalue weighted by Gasteiger charge is 2.17. The van der Waals surface area contributed by atoms with Gasteiger partial charge in [-0.2, -0.15) is 0 Å². The molecule has 0 aromatic rings. The number of unbranched alkanes of at least 4 members (excludes halogenated alkanes) is 10. The summed E-state index contributed by atoms with van der Waals surface area (Å²) in [5.74, 6) is -0.527. The van der Waals surface area contributed by atoms with Crippen LogP contribution in [0.3, 0.4) is 0 Å². The predicted octanol–water partition coefficient (Wildman–Crippen LogP) is 14.9. The number of hydrogen-bond acceptors (Lipinski definition) is 5. The second kappa shape index (κ2) is 45.9. The number of carbonyl (C=O) groups is 2. The van der Waals surface area contributed by atoms with Crippen molar-refractivity contribution in [3.05, 3.63) is 109 Å².